The molecule has 140 valence electrons. The lowest BCUT2D eigenvalue weighted by Gasteiger charge is -2.17. The first-order chi connectivity index (χ1) is 12.9. The minimum absolute atomic E-state index is 0.0120. The zero-order chi connectivity index (χ0) is 19.6. The van der Waals surface area contributed by atoms with Crippen molar-refractivity contribution in [1.29, 1.82) is 0 Å². The van der Waals surface area contributed by atoms with Gasteiger partial charge in [-0.25, -0.2) is 0 Å². The van der Waals surface area contributed by atoms with Gasteiger partial charge in [-0.2, -0.15) is 0 Å². The zero-order valence-electron chi connectivity index (χ0n) is 15.1. The van der Waals surface area contributed by atoms with Crippen LogP contribution in [0.4, 0.5) is 5.69 Å². The second-order valence-corrected chi connectivity index (χ2v) is 7.02. The Balaban J connectivity index is 1.81. The van der Waals surface area contributed by atoms with Crippen molar-refractivity contribution in [2.75, 3.05) is 21.3 Å². The fourth-order valence-electron chi connectivity index (χ4n) is 2.76. The van der Waals surface area contributed by atoms with E-state index in [0.717, 1.165) is 10.3 Å². The van der Waals surface area contributed by atoms with Crippen LogP contribution >= 0.6 is 11.3 Å². The molecular weight excluding hydrogens is 368 g/mol. The highest BCUT2D eigenvalue weighted by atomic mass is 32.1. The third kappa shape index (κ3) is 3.85. The fraction of sp³-hybridized carbons (Fsp3) is 0.211. The molecule has 0 saturated carbocycles. The molecule has 0 aliphatic rings. The van der Waals surface area contributed by atoms with Gasteiger partial charge in [-0.3, -0.25) is 14.9 Å². The predicted octanol–water partition coefficient (Wildman–Crippen LogP) is 4.10. The van der Waals surface area contributed by atoms with E-state index < -0.39 is 4.92 Å². The van der Waals surface area contributed by atoms with Crippen molar-refractivity contribution < 1.29 is 19.2 Å². The van der Waals surface area contributed by atoms with Crippen molar-refractivity contribution in [3.8, 4) is 11.5 Å². The van der Waals surface area contributed by atoms with E-state index in [-0.39, 0.29) is 11.6 Å². The first kappa shape index (κ1) is 18.7. The van der Waals surface area contributed by atoms with Crippen LogP contribution in [0.25, 0.3) is 10.1 Å². The molecule has 3 rings (SSSR count). The molecule has 0 unspecified atom stereocenters. The van der Waals surface area contributed by atoms with Crippen molar-refractivity contribution >= 4 is 33.0 Å². The number of carbonyl (C=O) groups is 1. The van der Waals surface area contributed by atoms with Gasteiger partial charge in [0, 0.05) is 35.8 Å². The number of hydrogen-bond donors (Lipinski definition) is 0. The lowest BCUT2D eigenvalue weighted by molar-refractivity contribution is -0.384. The minimum atomic E-state index is -0.443. The number of methoxy groups -OCH3 is 2. The molecule has 27 heavy (non-hydrogen) atoms. The standard InChI is InChI=1S/C19H18N2O5S/c1-20(11-12-4-6-15(25-2)16(8-12)26-3)19(22)18-10-13-9-14(21(23)24)5-7-17(13)27-18/h4-10H,11H2,1-3H3. The van der Waals surface area contributed by atoms with Gasteiger partial charge in [0.05, 0.1) is 24.0 Å². The Morgan fingerprint density at radius 1 is 1.11 bits per heavy atom. The number of amides is 1. The highest BCUT2D eigenvalue weighted by molar-refractivity contribution is 7.20. The molecule has 1 amide bonds. The number of nitrogens with zero attached hydrogens (tertiary/aromatic N) is 2. The molecule has 8 heteroatoms. The quantitative estimate of drug-likeness (QED) is 0.471. The molecule has 3 aromatic rings. The van der Waals surface area contributed by atoms with Gasteiger partial charge in [-0.05, 0) is 29.8 Å². The van der Waals surface area contributed by atoms with Crippen LogP contribution in [0.2, 0.25) is 0 Å². The Morgan fingerprint density at radius 3 is 2.52 bits per heavy atom. The lowest BCUT2D eigenvalue weighted by atomic mass is 10.2. The third-order valence-electron chi connectivity index (χ3n) is 4.14. The number of carbonyl (C=O) groups excluding carboxylic acids is 1. The molecule has 0 saturated heterocycles. The summed E-state index contributed by atoms with van der Waals surface area (Å²) < 4.78 is 11.4. The van der Waals surface area contributed by atoms with Crippen LogP contribution in [0.15, 0.2) is 42.5 Å². The first-order valence-corrected chi connectivity index (χ1v) is 8.89. The van der Waals surface area contributed by atoms with E-state index >= 15 is 0 Å². The van der Waals surface area contributed by atoms with Gasteiger partial charge in [0.25, 0.3) is 11.6 Å². The zero-order valence-corrected chi connectivity index (χ0v) is 15.9. The summed E-state index contributed by atoms with van der Waals surface area (Å²) >= 11 is 1.32. The number of fused-ring (bicyclic) bond motifs is 1. The number of ether oxygens (including phenoxy) is 2. The van der Waals surface area contributed by atoms with Crippen LogP contribution in [0.3, 0.4) is 0 Å². The molecular formula is C19H18N2O5S. The Hall–Kier alpha value is -3.13. The van der Waals surface area contributed by atoms with Gasteiger partial charge in [0.1, 0.15) is 0 Å². The monoisotopic (exact) mass is 386 g/mol. The van der Waals surface area contributed by atoms with Crippen molar-refractivity contribution in [2.45, 2.75) is 6.54 Å². The maximum atomic E-state index is 12.8. The average molecular weight is 386 g/mol. The van der Waals surface area contributed by atoms with E-state index in [1.165, 1.54) is 23.5 Å². The van der Waals surface area contributed by atoms with Gasteiger partial charge in [0.15, 0.2) is 11.5 Å². The third-order valence-corrected chi connectivity index (χ3v) is 5.24. The summed E-state index contributed by atoms with van der Waals surface area (Å²) in [5.74, 6) is 1.08. The van der Waals surface area contributed by atoms with E-state index in [9.17, 15) is 14.9 Å². The number of nitro benzene ring substituents is 1. The highest BCUT2D eigenvalue weighted by Gasteiger charge is 2.17. The second-order valence-electron chi connectivity index (χ2n) is 5.94. The van der Waals surface area contributed by atoms with Crippen LogP contribution in [0, 0.1) is 10.1 Å². The summed E-state index contributed by atoms with van der Waals surface area (Å²) in [6.45, 7) is 0.396. The molecule has 2 aromatic carbocycles. The maximum Gasteiger partial charge on any atom is 0.270 e. The van der Waals surface area contributed by atoms with Crippen LogP contribution in [0.1, 0.15) is 15.2 Å². The lowest BCUT2D eigenvalue weighted by Crippen LogP contribution is -2.25. The highest BCUT2D eigenvalue weighted by Crippen LogP contribution is 2.31. The predicted molar refractivity (Wildman–Crippen MR) is 104 cm³/mol. The number of non-ortho nitro benzene ring substituents is 1. The normalized spacial score (nSPS) is 10.6. The van der Waals surface area contributed by atoms with Crippen LogP contribution in [-0.4, -0.2) is 37.0 Å². The number of rotatable bonds is 6. The Kier molecular flexibility index (Phi) is 5.27. The molecule has 0 atom stereocenters. The number of hydrogen-bond acceptors (Lipinski definition) is 6. The SMILES string of the molecule is COc1ccc(CN(C)C(=O)c2cc3cc([N+](=O)[O-])ccc3s2)cc1OC. The molecule has 1 heterocycles. The van der Waals surface area contributed by atoms with E-state index in [1.54, 1.807) is 44.4 Å². The van der Waals surface area contributed by atoms with Crippen molar-refractivity contribution in [3.63, 3.8) is 0 Å². The molecule has 0 radical (unpaired) electrons. The molecule has 0 N–H and O–H groups in total. The fourth-order valence-corrected chi connectivity index (χ4v) is 3.80. The molecule has 0 spiro atoms. The van der Waals surface area contributed by atoms with Crippen molar-refractivity contribution in [2.24, 2.45) is 0 Å². The van der Waals surface area contributed by atoms with Crippen LogP contribution in [-0.2, 0) is 6.54 Å². The minimum Gasteiger partial charge on any atom is -0.493 e. The van der Waals surface area contributed by atoms with Crippen molar-refractivity contribution in [3.05, 3.63) is 63.0 Å². The van der Waals surface area contributed by atoms with Gasteiger partial charge < -0.3 is 14.4 Å². The number of nitro groups is 1. The maximum absolute atomic E-state index is 12.8. The van der Waals surface area contributed by atoms with E-state index in [0.29, 0.717) is 28.3 Å². The number of thiophene rings is 1. The molecule has 0 aliphatic carbocycles. The Labute approximate surface area is 159 Å². The van der Waals surface area contributed by atoms with E-state index in [4.69, 9.17) is 9.47 Å². The molecule has 0 bridgehead atoms. The van der Waals surface area contributed by atoms with E-state index in [2.05, 4.69) is 0 Å². The summed E-state index contributed by atoms with van der Waals surface area (Å²) in [5, 5.41) is 11.6. The summed E-state index contributed by atoms with van der Waals surface area (Å²) in [4.78, 5) is 25.4. The Morgan fingerprint density at radius 2 is 1.85 bits per heavy atom. The first-order valence-electron chi connectivity index (χ1n) is 8.07. The average Bonchev–Trinajstić information content (AvgIpc) is 3.10. The Bertz CT molecular complexity index is 1010. The number of benzene rings is 2. The molecule has 0 aliphatic heterocycles. The summed E-state index contributed by atoms with van der Waals surface area (Å²) in [5.41, 5.74) is 0.915. The smallest absolute Gasteiger partial charge is 0.270 e. The van der Waals surface area contributed by atoms with Gasteiger partial charge in [0.2, 0.25) is 0 Å². The van der Waals surface area contributed by atoms with Gasteiger partial charge in [-0.15, -0.1) is 11.3 Å². The van der Waals surface area contributed by atoms with Gasteiger partial charge in [-0.1, -0.05) is 6.07 Å². The topological polar surface area (TPSA) is 81.9 Å². The largest absolute Gasteiger partial charge is 0.493 e. The summed E-state index contributed by atoms with van der Waals surface area (Å²) in [6.07, 6.45) is 0. The van der Waals surface area contributed by atoms with E-state index in [1.807, 2.05) is 12.1 Å². The van der Waals surface area contributed by atoms with Crippen LogP contribution in [0.5, 0.6) is 11.5 Å². The molecule has 1 aromatic heterocycles. The molecule has 7 nitrogen and oxygen atoms in total. The molecule has 0 fully saturated rings. The summed E-state index contributed by atoms with van der Waals surface area (Å²) in [6, 6.07) is 11.8. The second kappa shape index (κ2) is 7.63. The summed E-state index contributed by atoms with van der Waals surface area (Å²) in [7, 11) is 4.84. The van der Waals surface area contributed by atoms with Gasteiger partial charge >= 0.3 is 0 Å². The van der Waals surface area contributed by atoms with Crippen LogP contribution < -0.4 is 9.47 Å². The van der Waals surface area contributed by atoms with Crippen molar-refractivity contribution in [1.82, 2.24) is 4.90 Å².